The van der Waals surface area contributed by atoms with Gasteiger partial charge in [-0.25, -0.2) is 4.99 Å². The van der Waals surface area contributed by atoms with Crippen molar-refractivity contribution in [1.29, 1.82) is 0 Å². The molecule has 0 bridgehead atoms. The van der Waals surface area contributed by atoms with Gasteiger partial charge in [0, 0.05) is 6.04 Å². The lowest BCUT2D eigenvalue weighted by atomic mass is 10.0. The molecule has 19 heavy (non-hydrogen) atoms. The van der Waals surface area contributed by atoms with E-state index in [4.69, 9.17) is 10.5 Å². The zero-order valence-corrected chi connectivity index (χ0v) is 12.3. The third-order valence-corrected chi connectivity index (χ3v) is 2.63. The molecule has 1 rings (SSSR count). The molecular formula is C15H25N3O. The average molecular weight is 263 g/mol. The molecule has 0 spiro atoms. The van der Waals surface area contributed by atoms with Crippen LogP contribution in [0.25, 0.3) is 0 Å². The van der Waals surface area contributed by atoms with E-state index >= 15 is 0 Å². The van der Waals surface area contributed by atoms with Crippen molar-refractivity contribution in [3.8, 4) is 5.75 Å². The van der Waals surface area contributed by atoms with Gasteiger partial charge in [0.2, 0.25) is 0 Å². The highest BCUT2D eigenvalue weighted by molar-refractivity contribution is 5.78. The third-order valence-electron chi connectivity index (χ3n) is 2.63. The van der Waals surface area contributed by atoms with Gasteiger partial charge in [-0.2, -0.15) is 0 Å². The maximum absolute atomic E-state index is 5.69. The summed E-state index contributed by atoms with van der Waals surface area (Å²) < 4.78 is 5.61. The summed E-state index contributed by atoms with van der Waals surface area (Å²) in [4.78, 5) is 4.18. The van der Waals surface area contributed by atoms with E-state index in [9.17, 15) is 0 Å². The molecule has 0 aliphatic heterocycles. The van der Waals surface area contributed by atoms with E-state index in [0.29, 0.717) is 31.1 Å². The standard InChI is InChI=1S/C15H25N3O/c1-11(2)13-5-7-14(8-6-13)19-10-9-17-15(16)18-12(3)4/h5-8,11-12H,9-10H2,1-4H3,(H3,16,17,18). The van der Waals surface area contributed by atoms with Crippen LogP contribution in [-0.2, 0) is 0 Å². The molecule has 4 nitrogen and oxygen atoms in total. The van der Waals surface area contributed by atoms with Gasteiger partial charge in [-0.05, 0) is 37.5 Å². The Kier molecular flexibility index (Phi) is 6.19. The van der Waals surface area contributed by atoms with Crippen LogP contribution in [0.4, 0.5) is 0 Å². The van der Waals surface area contributed by atoms with E-state index in [-0.39, 0.29) is 0 Å². The Morgan fingerprint density at radius 3 is 2.37 bits per heavy atom. The summed E-state index contributed by atoms with van der Waals surface area (Å²) >= 11 is 0. The van der Waals surface area contributed by atoms with Crippen LogP contribution in [0.5, 0.6) is 5.75 Å². The lowest BCUT2D eigenvalue weighted by molar-refractivity contribution is 0.328. The molecule has 3 N–H and O–H groups in total. The molecule has 0 atom stereocenters. The molecule has 1 aromatic rings. The van der Waals surface area contributed by atoms with E-state index in [0.717, 1.165) is 5.75 Å². The lowest BCUT2D eigenvalue weighted by Gasteiger charge is -2.09. The van der Waals surface area contributed by atoms with Gasteiger partial charge in [-0.3, -0.25) is 0 Å². The molecule has 0 heterocycles. The number of nitrogens with zero attached hydrogens (tertiary/aromatic N) is 1. The van der Waals surface area contributed by atoms with Crippen LogP contribution in [0, 0.1) is 0 Å². The number of benzene rings is 1. The molecule has 0 saturated carbocycles. The molecule has 0 aliphatic carbocycles. The number of guanidine groups is 1. The Morgan fingerprint density at radius 1 is 1.21 bits per heavy atom. The van der Waals surface area contributed by atoms with Gasteiger partial charge in [0.1, 0.15) is 12.4 Å². The summed E-state index contributed by atoms with van der Waals surface area (Å²) in [5.41, 5.74) is 7.01. The first kappa shape index (κ1) is 15.3. The van der Waals surface area contributed by atoms with Crippen LogP contribution in [0.3, 0.4) is 0 Å². The van der Waals surface area contributed by atoms with Crippen molar-refractivity contribution in [2.75, 3.05) is 13.2 Å². The minimum absolute atomic E-state index is 0.299. The van der Waals surface area contributed by atoms with Crippen molar-refractivity contribution >= 4 is 5.96 Å². The normalized spacial score (nSPS) is 12.0. The summed E-state index contributed by atoms with van der Waals surface area (Å²) in [6, 6.07) is 8.48. The summed E-state index contributed by atoms with van der Waals surface area (Å²) in [6.07, 6.45) is 0. The smallest absolute Gasteiger partial charge is 0.188 e. The molecule has 0 radical (unpaired) electrons. The summed E-state index contributed by atoms with van der Waals surface area (Å²) in [7, 11) is 0. The molecule has 0 unspecified atom stereocenters. The van der Waals surface area contributed by atoms with Gasteiger partial charge in [-0.1, -0.05) is 26.0 Å². The van der Waals surface area contributed by atoms with Crippen molar-refractivity contribution in [2.45, 2.75) is 39.7 Å². The van der Waals surface area contributed by atoms with Crippen molar-refractivity contribution in [3.63, 3.8) is 0 Å². The highest BCUT2D eigenvalue weighted by Crippen LogP contribution is 2.18. The van der Waals surface area contributed by atoms with Gasteiger partial charge < -0.3 is 15.8 Å². The first-order valence-electron chi connectivity index (χ1n) is 6.78. The number of aliphatic imine (C=N–C) groups is 1. The second kappa shape index (κ2) is 7.67. The summed E-state index contributed by atoms with van der Waals surface area (Å²) in [5.74, 6) is 1.88. The molecule has 4 heteroatoms. The van der Waals surface area contributed by atoms with Gasteiger partial charge in [0.05, 0.1) is 6.54 Å². The number of rotatable bonds is 6. The zero-order valence-electron chi connectivity index (χ0n) is 12.3. The van der Waals surface area contributed by atoms with Crippen LogP contribution >= 0.6 is 0 Å². The van der Waals surface area contributed by atoms with E-state index in [1.165, 1.54) is 5.56 Å². The SMILES string of the molecule is CC(C)NC(N)=NCCOc1ccc(C(C)C)cc1. The molecule has 0 fully saturated rings. The average Bonchev–Trinajstić information content (AvgIpc) is 2.34. The zero-order chi connectivity index (χ0) is 14.3. The Labute approximate surface area is 116 Å². The van der Waals surface area contributed by atoms with Crippen LogP contribution in [0.1, 0.15) is 39.2 Å². The van der Waals surface area contributed by atoms with Crippen LogP contribution in [0.2, 0.25) is 0 Å². The van der Waals surface area contributed by atoms with Crippen molar-refractivity contribution in [3.05, 3.63) is 29.8 Å². The minimum Gasteiger partial charge on any atom is -0.492 e. The maximum Gasteiger partial charge on any atom is 0.188 e. The lowest BCUT2D eigenvalue weighted by Crippen LogP contribution is -2.37. The quantitative estimate of drug-likeness (QED) is 0.471. The molecule has 0 amide bonds. The maximum atomic E-state index is 5.69. The Bertz CT molecular complexity index is 396. The molecule has 106 valence electrons. The highest BCUT2D eigenvalue weighted by atomic mass is 16.5. The predicted molar refractivity (Wildman–Crippen MR) is 80.8 cm³/mol. The van der Waals surface area contributed by atoms with Gasteiger partial charge >= 0.3 is 0 Å². The van der Waals surface area contributed by atoms with Gasteiger partial charge in [0.25, 0.3) is 0 Å². The van der Waals surface area contributed by atoms with Crippen molar-refractivity contribution < 1.29 is 4.74 Å². The minimum atomic E-state index is 0.299. The first-order chi connectivity index (χ1) is 8.99. The van der Waals surface area contributed by atoms with Crippen LogP contribution in [-0.4, -0.2) is 25.2 Å². The Morgan fingerprint density at radius 2 is 1.84 bits per heavy atom. The van der Waals surface area contributed by atoms with Gasteiger partial charge in [0.15, 0.2) is 5.96 Å². The fourth-order valence-electron chi connectivity index (χ4n) is 1.62. The van der Waals surface area contributed by atoms with Crippen LogP contribution < -0.4 is 15.8 Å². The molecule has 0 aliphatic rings. The summed E-state index contributed by atoms with van der Waals surface area (Å²) in [6.45, 7) is 9.48. The monoisotopic (exact) mass is 263 g/mol. The number of hydrogen-bond acceptors (Lipinski definition) is 2. The molecular weight excluding hydrogens is 238 g/mol. The Balaban J connectivity index is 2.33. The van der Waals surface area contributed by atoms with Crippen molar-refractivity contribution in [2.24, 2.45) is 10.7 Å². The number of nitrogens with one attached hydrogen (secondary N) is 1. The fraction of sp³-hybridized carbons (Fsp3) is 0.533. The fourth-order valence-corrected chi connectivity index (χ4v) is 1.62. The molecule has 1 aromatic carbocycles. The van der Waals surface area contributed by atoms with E-state index < -0.39 is 0 Å². The van der Waals surface area contributed by atoms with E-state index in [2.05, 4.69) is 36.3 Å². The van der Waals surface area contributed by atoms with Crippen molar-refractivity contribution in [1.82, 2.24) is 5.32 Å². The highest BCUT2D eigenvalue weighted by Gasteiger charge is 1.99. The molecule has 0 saturated heterocycles. The number of ether oxygens (including phenoxy) is 1. The Hall–Kier alpha value is -1.71. The van der Waals surface area contributed by atoms with E-state index in [1.54, 1.807) is 0 Å². The first-order valence-corrected chi connectivity index (χ1v) is 6.78. The van der Waals surface area contributed by atoms with Crippen LogP contribution in [0.15, 0.2) is 29.3 Å². The predicted octanol–water partition coefficient (Wildman–Crippen LogP) is 2.50. The number of nitrogens with two attached hydrogens (primary N) is 1. The second-order valence-corrected chi connectivity index (χ2v) is 5.14. The second-order valence-electron chi connectivity index (χ2n) is 5.14. The van der Waals surface area contributed by atoms with Gasteiger partial charge in [-0.15, -0.1) is 0 Å². The topological polar surface area (TPSA) is 59.6 Å². The third kappa shape index (κ3) is 6.13. The number of hydrogen-bond donors (Lipinski definition) is 2. The molecule has 0 aromatic heterocycles. The van der Waals surface area contributed by atoms with E-state index in [1.807, 2.05) is 26.0 Å². The summed E-state index contributed by atoms with van der Waals surface area (Å²) in [5, 5.41) is 3.03. The largest absolute Gasteiger partial charge is 0.492 e.